The van der Waals surface area contributed by atoms with E-state index in [2.05, 4.69) is 76.8 Å². The highest BCUT2D eigenvalue weighted by Gasteiger charge is 2.14. The molecule has 0 aliphatic carbocycles. The molecule has 0 fully saturated rings. The molecule has 3 aromatic rings. The molecule has 0 atom stereocenters. The lowest BCUT2D eigenvalue weighted by atomic mass is 10.1. The van der Waals surface area contributed by atoms with Gasteiger partial charge in [-0.05, 0) is 54.8 Å². The molecule has 23 heavy (non-hydrogen) atoms. The van der Waals surface area contributed by atoms with E-state index in [0.717, 1.165) is 29.6 Å². The molecule has 0 radical (unpaired) electrons. The van der Waals surface area contributed by atoms with E-state index in [-0.39, 0.29) is 0 Å². The van der Waals surface area contributed by atoms with Gasteiger partial charge in [0.15, 0.2) is 0 Å². The van der Waals surface area contributed by atoms with Crippen molar-refractivity contribution in [1.29, 1.82) is 0 Å². The smallest absolute Gasteiger partial charge is 0.119 e. The first-order valence-corrected chi connectivity index (χ1v) is 8.83. The van der Waals surface area contributed by atoms with Crippen LogP contribution in [0.5, 0.6) is 5.75 Å². The van der Waals surface area contributed by atoms with Crippen LogP contribution in [0.1, 0.15) is 30.2 Å². The number of hydrogen-bond acceptors (Lipinski definition) is 1. The number of benzene rings is 2. The van der Waals surface area contributed by atoms with E-state index >= 15 is 0 Å². The van der Waals surface area contributed by atoms with Crippen molar-refractivity contribution < 1.29 is 4.74 Å². The second-order valence-electron chi connectivity index (χ2n) is 5.91. The number of aryl methyl sites for hydroxylation is 1. The van der Waals surface area contributed by atoms with Crippen molar-refractivity contribution in [3.63, 3.8) is 0 Å². The van der Waals surface area contributed by atoms with Gasteiger partial charge in [-0.15, -0.1) is 0 Å². The predicted octanol–water partition coefficient (Wildman–Crippen LogP) is 5.72. The first kappa shape index (κ1) is 16.1. The van der Waals surface area contributed by atoms with Crippen molar-refractivity contribution in [2.24, 2.45) is 0 Å². The van der Waals surface area contributed by atoms with Crippen molar-refractivity contribution in [3.8, 4) is 5.75 Å². The summed E-state index contributed by atoms with van der Waals surface area (Å²) in [7, 11) is 1.73. The van der Waals surface area contributed by atoms with Gasteiger partial charge in [-0.2, -0.15) is 0 Å². The number of aromatic nitrogens is 1. The summed E-state index contributed by atoms with van der Waals surface area (Å²) in [6.45, 7) is 5.36. The molecule has 2 aromatic carbocycles. The monoisotopic (exact) mass is 371 g/mol. The quantitative estimate of drug-likeness (QED) is 0.559. The molecule has 120 valence electrons. The highest BCUT2D eigenvalue weighted by atomic mass is 79.9. The van der Waals surface area contributed by atoms with Gasteiger partial charge in [-0.25, -0.2) is 0 Å². The lowest BCUT2D eigenvalue weighted by Crippen LogP contribution is -2.02. The van der Waals surface area contributed by atoms with Crippen molar-refractivity contribution in [2.45, 2.75) is 33.2 Å². The summed E-state index contributed by atoms with van der Waals surface area (Å²) in [6, 6.07) is 15.0. The molecule has 0 aliphatic heterocycles. The van der Waals surface area contributed by atoms with Gasteiger partial charge in [-0.1, -0.05) is 41.4 Å². The minimum Gasteiger partial charge on any atom is -0.497 e. The number of halogens is 1. The molecule has 0 spiro atoms. The molecule has 1 heterocycles. The predicted molar refractivity (Wildman–Crippen MR) is 100 cm³/mol. The average molecular weight is 372 g/mol. The maximum absolute atomic E-state index is 5.42. The minimum absolute atomic E-state index is 0.895. The molecule has 3 rings (SSSR count). The Morgan fingerprint density at radius 1 is 1.09 bits per heavy atom. The van der Waals surface area contributed by atoms with E-state index in [4.69, 9.17) is 4.74 Å². The molecular formula is C20H22BrNO. The van der Waals surface area contributed by atoms with Gasteiger partial charge in [0.05, 0.1) is 7.11 Å². The highest BCUT2D eigenvalue weighted by Crippen LogP contribution is 2.31. The molecule has 3 heteroatoms. The second-order valence-corrected chi connectivity index (χ2v) is 6.83. The molecule has 0 unspecified atom stereocenters. The lowest BCUT2D eigenvalue weighted by Gasteiger charge is -2.09. The molecule has 1 aromatic heterocycles. The molecule has 0 bridgehead atoms. The van der Waals surface area contributed by atoms with Crippen molar-refractivity contribution in [1.82, 2.24) is 4.57 Å². The van der Waals surface area contributed by atoms with Crippen LogP contribution in [0.15, 0.2) is 46.9 Å². The Morgan fingerprint density at radius 3 is 2.48 bits per heavy atom. The van der Waals surface area contributed by atoms with E-state index < -0.39 is 0 Å². The van der Waals surface area contributed by atoms with Gasteiger partial charge in [-0.3, -0.25) is 0 Å². The molecule has 0 aliphatic rings. The van der Waals surface area contributed by atoms with E-state index in [0.29, 0.717) is 0 Å². The van der Waals surface area contributed by atoms with Crippen LogP contribution < -0.4 is 4.74 Å². The van der Waals surface area contributed by atoms with Crippen LogP contribution in [-0.4, -0.2) is 11.7 Å². The Hall–Kier alpha value is -1.74. The summed E-state index contributed by atoms with van der Waals surface area (Å²) >= 11 is 3.50. The number of hydrogen-bond donors (Lipinski definition) is 0. The summed E-state index contributed by atoms with van der Waals surface area (Å²) in [6.07, 6.45) is 2.25. The normalized spacial score (nSPS) is 11.1. The molecule has 0 amide bonds. The lowest BCUT2D eigenvalue weighted by molar-refractivity contribution is 0.415. The van der Waals surface area contributed by atoms with Crippen LogP contribution in [0.25, 0.3) is 10.9 Å². The van der Waals surface area contributed by atoms with Crippen LogP contribution in [0, 0.1) is 6.92 Å². The van der Waals surface area contributed by atoms with E-state index in [1.165, 1.54) is 27.7 Å². The molecule has 0 saturated carbocycles. The Morgan fingerprint density at radius 2 is 1.83 bits per heavy atom. The van der Waals surface area contributed by atoms with Gasteiger partial charge in [0, 0.05) is 27.6 Å². The zero-order valence-electron chi connectivity index (χ0n) is 13.9. The maximum Gasteiger partial charge on any atom is 0.119 e. The molecular weight excluding hydrogens is 350 g/mol. The van der Waals surface area contributed by atoms with Crippen molar-refractivity contribution in [3.05, 3.63) is 63.8 Å². The SMILES string of the molecule is CCCc1c(C)n(Cc2ccc(Br)cc2)c2ccc(OC)cc12. The van der Waals surface area contributed by atoms with E-state index in [1.807, 2.05) is 0 Å². The largest absolute Gasteiger partial charge is 0.497 e. The molecule has 0 N–H and O–H groups in total. The first-order valence-electron chi connectivity index (χ1n) is 8.04. The van der Waals surface area contributed by atoms with Crippen LogP contribution in [0.3, 0.4) is 0 Å². The van der Waals surface area contributed by atoms with Crippen molar-refractivity contribution in [2.75, 3.05) is 7.11 Å². The van der Waals surface area contributed by atoms with Gasteiger partial charge < -0.3 is 9.30 Å². The van der Waals surface area contributed by atoms with Crippen LogP contribution in [0.2, 0.25) is 0 Å². The van der Waals surface area contributed by atoms with Crippen molar-refractivity contribution >= 4 is 26.8 Å². The fourth-order valence-corrected chi connectivity index (χ4v) is 3.46. The summed E-state index contributed by atoms with van der Waals surface area (Å²) in [5.41, 5.74) is 5.40. The minimum atomic E-state index is 0.895. The van der Waals surface area contributed by atoms with Gasteiger partial charge in [0.2, 0.25) is 0 Å². The van der Waals surface area contributed by atoms with Gasteiger partial charge in [0.25, 0.3) is 0 Å². The summed E-state index contributed by atoms with van der Waals surface area (Å²) in [5, 5.41) is 1.32. The third-order valence-electron chi connectivity index (χ3n) is 4.42. The fraction of sp³-hybridized carbons (Fsp3) is 0.300. The Balaban J connectivity index is 2.11. The summed E-state index contributed by atoms with van der Waals surface area (Å²) in [5.74, 6) is 0.927. The Labute approximate surface area is 146 Å². The highest BCUT2D eigenvalue weighted by molar-refractivity contribution is 9.10. The number of nitrogens with zero attached hydrogens (tertiary/aromatic N) is 1. The van der Waals surface area contributed by atoms with Crippen LogP contribution >= 0.6 is 15.9 Å². The average Bonchev–Trinajstić information content (AvgIpc) is 2.82. The maximum atomic E-state index is 5.42. The number of methoxy groups -OCH3 is 1. The van der Waals surface area contributed by atoms with E-state index in [9.17, 15) is 0 Å². The fourth-order valence-electron chi connectivity index (χ4n) is 3.20. The first-order chi connectivity index (χ1) is 11.1. The third-order valence-corrected chi connectivity index (χ3v) is 4.94. The Bertz CT molecular complexity index is 818. The zero-order chi connectivity index (χ0) is 16.4. The summed E-state index contributed by atoms with van der Waals surface area (Å²) < 4.78 is 8.96. The van der Waals surface area contributed by atoms with E-state index in [1.54, 1.807) is 7.11 Å². The van der Waals surface area contributed by atoms with Crippen LogP contribution in [-0.2, 0) is 13.0 Å². The summed E-state index contributed by atoms with van der Waals surface area (Å²) in [4.78, 5) is 0. The third kappa shape index (κ3) is 3.16. The Kier molecular flexibility index (Phi) is 4.76. The molecule has 0 saturated heterocycles. The molecule has 2 nitrogen and oxygen atoms in total. The topological polar surface area (TPSA) is 14.2 Å². The van der Waals surface area contributed by atoms with Gasteiger partial charge >= 0.3 is 0 Å². The number of fused-ring (bicyclic) bond motifs is 1. The van der Waals surface area contributed by atoms with Crippen LogP contribution in [0.4, 0.5) is 0 Å². The standard InChI is InChI=1S/C20H22BrNO/c1-4-5-18-14(2)22(13-15-6-8-16(21)9-7-15)20-11-10-17(23-3)12-19(18)20/h6-12H,4-5,13H2,1-3H3. The zero-order valence-corrected chi connectivity index (χ0v) is 15.5. The van der Waals surface area contributed by atoms with Gasteiger partial charge in [0.1, 0.15) is 5.75 Å². The number of rotatable bonds is 5. The number of ether oxygens (including phenoxy) is 1. The second kappa shape index (κ2) is 6.79.